The Morgan fingerprint density at radius 1 is 1.38 bits per heavy atom. The van der Waals surface area contributed by atoms with Gasteiger partial charge in [0.2, 0.25) is 5.91 Å². The molecule has 1 atom stereocenters. The third kappa shape index (κ3) is 3.56. The Morgan fingerprint density at radius 2 is 2.10 bits per heavy atom. The number of ether oxygens (including phenoxy) is 1. The zero-order chi connectivity index (χ0) is 15.2. The standard InChI is InChI=1S/C17H25NO3/c1-3-15(4-2)18(9-10-19)17(20)14-11-13-7-5-6-8-16(13)21-12-14/h5-8,14-15,19H,3-4,9-12H2,1-2H3. The van der Waals surface area contributed by atoms with Gasteiger partial charge in [0, 0.05) is 12.6 Å². The fourth-order valence-electron chi connectivity index (χ4n) is 3.03. The van der Waals surface area contributed by atoms with E-state index < -0.39 is 0 Å². The number of aliphatic hydroxyl groups excluding tert-OH is 1. The van der Waals surface area contributed by atoms with Crippen molar-refractivity contribution >= 4 is 5.91 Å². The molecule has 0 saturated carbocycles. The minimum absolute atomic E-state index is 0.00635. The van der Waals surface area contributed by atoms with E-state index in [1.54, 1.807) is 0 Å². The summed E-state index contributed by atoms with van der Waals surface area (Å²) >= 11 is 0. The molecule has 0 aromatic heterocycles. The van der Waals surface area contributed by atoms with E-state index in [0.717, 1.165) is 30.6 Å². The average Bonchev–Trinajstić information content (AvgIpc) is 2.54. The molecule has 0 bridgehead atoms. The first-order valence-electron chi connectivity index (χ1n) is 7.83. The molecule has 4 heteroatoms. The second kappa shape index (κ2) is 7.46. The van der Waals surface area contributed by atoms with Crippen LogP contribution in [-0.2, 0) is 11.2 Å². The van der Waals surface area contributed by atoms with Crippen molar-refractivity contribution in [3.63, 3.8) is 0 Å². The zero-order valence-electron chi connectivity index (χ0n) is 12.9. The van der Waals surface area contributed by atoms with Crippen LogP contribution >= 0.6 is 0 Å². The van der Waals surface area contributed by atoms with E-state index in [1.165, 1.54) is 0 Å². The number of nitrogens with zero attached hydrogens (tertiary/aromatic N) is 1. The third-order valence-corrected chi connectivity index (χ3v) is 4.24. The van der Waals surface area contributed by atoms with Crippen LogP contribution in [0.2, 0.25) is 0 Å². The molecule has 1 aromatic rings. The molecule has 21 heavy (non-hydrogen) atoms. The number of carbonyl (C=O) groups excluding carboxylic acids is 1. The summed E-state index contributed by atoms with van der Waals surface area (Å²) in [5.74, 6) is 0.845. The highest BCUT2D eigenvalue weighted by Crippen LogP contribution is 2.28. The number of fused-ring (bicyclic) bond motifs is 1. The molecule has 1 amide bonds. The Bertz CT molecular complexity index is 471. The number of aliphatic hydroxyl groups is 1. The van der Waals surface area contributed by atoms with E-state index in [-0.39, 0.29) is 24.5 Å². The first kappa shape index (κ1) is 15.8. The largest absolute Gasteiger partial charge is 0.492 e. The van der Waals surface area contributed by atoms with Crippen LogP contribution in [0.5, 0.6) is 5.75 Å². The predicted octanol–water partition coefficient (Wildman–Crippen LogP) is 2.25. The Morgan fingerprint density at radius 3 is 2.76 bits per heavy atom. The summed E-state index contributed by atoms with van der Waals surface area (Å²) in [4.78, 5) is 14.6. The lowest BCUT2D eigenvalue weighted by Gasteiger charge is -2.34. The average molecular weight is 291 g/mol. The van der Waals surface area contributed by atoms with Crippen molar-refractivity contribution in [3.8, 4) is 5.75 Å². The molecule has 1 N–H and O–H groups in total. The number of hydrogen-bond donors (Lipinski definition) is 1. The first-order chi connectivity index (χ1) is 10.2. The molecular formula is C17H25NO3. The van der Waals surface area contributed by atoms with E-state index >= 15 is 0 Å². The van der Waals surface area contributed by atoms with Crippen LogP contribution in [0.3, 0.4) is 0 Å². The maximum atomic E-state index is 12.8. The van der Waals surface area contributed by atoms with Crippen LogP contribution in [0.1, 0.15) is 32.3 Å². The Hall–Kier alpha value is -1.55. The van der Waals surface area contributed by atoms with Gasteiger partial charge in [-0.1, -0.05) is 32.0 Å². The summed E-state index contributed by atoms with van der Waals surface area (Å²) in [6.07, 6.45) is 2.54. The van der Waals surface area contributed by atoms with Gasteiger partial charge < -0.3 is 14.7 Å². The minimum Gasteiger partial charge on any atom is -0.492 e. The SMILES string of the molecule is CCC(CC)N(CCO)C(=O)C1COc2ccccc2C1. The number of amides is 1. The van der Waals surface area contributed by atoms with Crippen LogP contribution in [-0.4, -0.2) is 41.7 Å². The van der Waals surface area contributed by atoms with Gasteiger partial charge in [-0.15, -0.1) is 0 Å². The van der Waals surface area contributed by atoms with Crippen LogP contribution in [0.25, 0.3) is 0 Å². The van der Waals surface area contributed by atoms with E-state index in [4.69, 9.17) is 4.74 Å². The molecule has 1 heterocycles. The quantitative estimate of drug-likeness (QED) is 0.874. The minimum atomic E-state index is -0.146. The molecular weight excluding hydrogens is 266 g/mol. The van der Waals surface area contributed by atoms with Gasteiger partial charge in [-0.3, -0.25) is 4.79 Å². The second-order valence-electron chi connectivity index (χ2n) is 5.55. The van der Waals surface area contributed by atoms with Crippen LogP contribution in [0, 0.1) is 5.92 Å². The Kier molecular flexibility index (Phi) is 5.62. The fraction of sp³-hybridized carbons (Fsp3) is 0.588. The topological polar surface area (TPSA) is 49.8 Å². The Labute approximate surface area is 126 Å². The molecule has 0 fully saturated rings. The molecule has 0 radical (unpaired) electrons. The zero-order valence-corrected chi connectivity index (χ0v) is 12.9. The summed E-state index contributed by atoms with van der Waals surface area (Å²) in [6, 6.07) is 8.08. The molecule has 2 rings (SSSR count). The van der Waals surface area contributed by atoms with Gasteiger partial charge in [-0.05, 0) is 30.9 Å². The van der Waals surface area contributed by atoms with Gasteiger partial charge in [-0.25, -0.2) is 0 Å². The monoisotopic (exact) mass is 291 g/mol. The smallest absolute Gasteiger partial charge is 0.229 e. The van der Waals surface area contributed by atoms with E-state index in [1.807, 2.05) is 29.2 Å². The molecule has 0 spiro atoms. The summed E-state index contributed by atoms with van der Waals surface area (Å²) in [7, 11) is 0. The molecule has 1 unspecified atom stereocenters. The van der Waals surface area contributed by atoms with Gasteiger partial charge in [-0.2, -0.15) is 0 Å². The predicted molar refractivity (Wildman–Crippen MR) is 82.3 cm³/mol. The van der Waals surface area contributed by atoms with Gasteiger partial charge in [0.1, 0.15) is 12.4 Å². The summed E-state index contributed by atoms with van der Waals surface area (Å²) in [5, 5.41) is 9.26. The van der Waals surface area contributed by atoms with Gasteiger partial charge in [0.25, 0.3) is 0 Å². The fourth-order valence-corrected chi connectivity index (χ4v) is 3.03. The summed E-state index contributed by atoms with van der Waals surface area (Å²) in [6.45, 7) is 5.00. The third-order valence-electron chi connectivity index (χ3n) is 4.24. The lowest BCUT2D eigenvalue weighted by molar-refractivity contribution is -0.140. The first-order valence-corrected chi connectivity index (χ1v) is 7.83. The Balaban J connectivity index is 2.11. The van der Waals surface area contributed by atoms with E-state index in [0.29, 0.717) is 13.2 Å². The number of carbonyl (C=O) groups is 1. The maximum absolute atomic E-state index is 12.8. The lowest BCUT2D eigenvalue weighted by Crippen LogP contribution is -2.47. The van der Waals surface area contributed by atoms with Crippen molar-refractivity contribution in [2.45, 2.75) is 39.2 Å². The van der Waals surface area contributed by atoms with Crippen molar-refractivity contribution in [2.24, 2.45) is 5.92 Å². The van der Waals surface area contributed by atoms with Gasteiger partial charge in [0.15, 0.2) is 0 Å². The van der Waals surface area contributed by atoms with E-state index in [9.17, 15) is 9.90 Å². The normalized spacial score (nSPS) is 17.2. The van der Waals surface area contributed by atoms with Crippen LogP contribution < -0.4 is 4.74 Å². The molecule has 1 aliphatic heterocycles. The van der Waals surface area contributed by atoms with E-state index in [2.05, 4.69) is 13.8 Å². The van der Waals surface area contributed by atoms with Gasteiger partial charge >= 0.3 is 0 Å². The summed E-state index contributed by atoms with van der Waals surface area (Å²) < 4.78 is 5.72. The van der Waals surface area contributed by atoms with Crippen molar-refractivity contribution in [1.29, 1.82) is 0 Å². The molecule has 116 valence electrons. The van der Waals surface area contributed by atoms with Crippen molar-refractivity contribution in [2.75, 3.05) is 19.8 Å². The van der Waals surface area contributed by atoms with Crippen molar-refractivity contribution in [1.82, 2.24) is 4.90 Å². The molecule has 0 saturated heterocycles. The molecule has 1 aromatic carbocycles. The highest BCUT2D eigenvalue weighted by Gasteiger charge is 2.31. The highest BCUT2D eigenvalue weighted by molar-refractivity contribution is 5.80. The lowest BCUT2D eigenvalue weighted by atomic mass is 9.94. The number of hydrogen-bond acceptors (Lipinski definition) is 3. The van der Waals surface area contributed by atoms with Crippen LogP contribution in [0.15, 0.2) is 24.3 Å². The van der Waals surface area contributed by atoms with Crippen molar-refractivity contribution in [3.05, 3.63) is 29.8 Å². The number of para-hydroxylation sites is 1. The van der Waals surface area contributed by atoms with Gasteiger partial charge in [0.05, 0.1) is 12.5 Å². The maximum Gasteiger partial charge on any atom is 0.229 e. The second-order valence-corrected chi connectivity index (χ2v) is 5.55. The molecule has 0 aliphatic carbocycles. The number of benzene rings is 1. The van der Waals surface area contributed by atoms with Crippen LogP contribution in [0.4, 0.5) is 0 Å². The number of rotatable bonds is 6. The summed E-state index contributed by atoms with van der Waals surface area (Å²) in [5.41, 5.74) is 1.09. The molecule has 4 nitrogen and oxygen atoms in total. The molecule has 1 aliphatic rings. The highest BCUT2D eigenvalue weighted by atomic mass is 16.5. The van der Waals surface area contributed by atoms with Crippen molar-refractivity contribution < 1.29 is 14.6 Å².